The quantitative estimate of drug-likeness (QED) is 0.911. The molecular weight excluding hydrogens is 328 g/mol. The second kappa shape index (κ2) is 7.88. The molecule has 19 heavy (non-hydrogen) atoms. The van der Waals surface area contributed by atoms with E-state index < -0.39 is 0 Å². The second-order valence-corrected chi connectivity index (χ2v) is 5.57. The minimum absolute atomic E-state index is 0. The minimum Gasteiger partial charge on any atom is -0.342 e. The summed E-state index contributed by atoms with van der Waals surface area (Å²) in [6, 6.07) is 8.49. The monoisotopic (exact) mass is 346 g/mol. The van der Waals surface area contributed by atoms with E-state index in [0.29, 0.717) is 12.5 Å². The molecule has 1 amide bonds. The van der Waals surface area contributed by atoms with Gasteiger partial charge in [-0.1, -0.05) is 34.1 Å². The van der Waals surface area contributed by atoms with Gasteiger partial charge < -0.3 is 10.2 Å². The van der Waals surface area contributed by atoms with Gasteiger partial charge >= 0.3 is 0 Å². The first-order valence-electron chi connectivity index (χ1n) is 6.39. The van der Waals surface area contributed by atoms with Crippen LogP contribution in [-0.2, 0) is 11.2 Å². The lowest BCUT2D eigenvalue weighted by atomic mass is 10.0. The first kappa shape index (κ1) is 16.5. The third-order valence-electron chi connectivity index (χ3n) is 3.56. The molecule has 106 valence electrons. The lowest BCUT2D eigenvalue weighted by Gasteiger charge is -2.32. The number of halogens is 2. The summed E-state index contributed by atoms with van der Waals surface area (Å²) in [6.45, 7) is 1.74. The van der Waals surface area contributed by atoms with Gasteiger partial charge in [-0.3, -0.25) is 4.79 Å². The Labute approximate surface area is 129 Å². The Kier molecular flexibility index (Phi) is 6.83. The van der Waals surface area contributed by atoms with Gasteiger partial charge in [0.15, 0.2) is 0 Å². The molecule has 1 aromatic rings. The summed E-state index contributed by atoms with van der Waals surface area (Å²) in [5.74, 6) is 0.233. The molecule has 1 aromatic carbocycles. The molecule has 1 aliphatic heterocycles. The Hall–Kier alpha value is -0.580. The average Bonchev–Trinajstić information content (AvgIpc) is 2.41. The van der Waals surface area contributed by atoms with Crippen LogP contribution in [0.25, 0.3) is 0 Å². The molecule has 1 heterocycles. The lowest BCUT2D eigenvalue weighted by molar-refractivity contribution is -0.131. The number of nitrogens with zero attached hydrogens (tertiary/aromatic N) is 1. The number of likely N-dealkylation sites (tertiary alicyclic amines) is 1. The fraction of sp³-hybridized carbons (Fsp3) is 0.500. The molecule has 3 nitrogen and oxygen atoms in total. The fourth-order valence-corrected chi connectivity index (χ4v) is 2.76. The maximum atomic E-state index is 12.2. The number of piperidine rings is 1. The predicted octanol–water partition coefficient (Wildman–Crippen LogP) is 2.62. The van der Waals surface area contributed by atoms with Gasteiger partial charge in [0.05, 0.1) is 6.42 Å². The maximum Gasteiger partial charge on any atom is 0.227 e. The van der Waals surface area contributed by atoms with Crippen molar-refractivity contribution in [2.45, 2.75) is 25.3 Å². The van der Waals surface area contributed by atoms with Crippen molar-refractivity contribution in [3.63, 3.8) is 0 Å². The number of nitrogens with one attached hydrogen (secondary N) is 1. The summed E-state index contributed by atoms with van der Waals surface area (Å²) >= 11 is 3.49. The Balaban J connectivity index is 0.00000180. The number of hydrogen-bond acceptors (Lipinski definition) is 2. The Morgan fingerprint density at radius 1 is 1.37 bits per heavy atom. The molecule has 0 aliphatic carbocycles. The van der Waals surface area contributed by atoms with Crippen LogP contribution < -0.4 is 5.32 Å². The summed E-state index contributed by atoms with van der Waals surface area (Å²) in [7, 11) is 1.99. The van der Waals surface area contributed by atoms with Gasteiger partial charge in [-0.15, -0.1) is 12.4 Å². The SMILES string of the molecule is CNC1CCN(C(=O)Cc2ccccc2Br)CC1.Cl. The summed E-state index contributed by atoms with van der Waals surface area (Å²) in [5.41, 5.74) is 1.07. The first-order chi connectivity index (χ1) is 8.70. The van der Waals surface area contributed by atoms with E-state index in [4.69, 9.17) is 0 Å². The molecule has 0 atom stereocenters. The smallest absolute Gasteiger partial charge is 0.227 e. The molecule has 0 aromatic heterocycles. The normalized spacial score (nSPS) is 16.0. The number of carbonyl (C=O) groups excluding carboxylic acids is 1. The summed E-state index contributed by atoms with van der Waals surface area (Å²) < 4.78 is 1.02. The lowest BCUT2D eigenvalue weighted by Crippen LogP contribution is -2.44. The van der Waals surface area contributed by atoms with Crippen LogP contribution in [0.2, 0.25) is 0 Å². The number of hydrogen-bond donors (Lipinski definition) is 1. The van der Waals surface area contributed by atoms with E-state index >= 15 is 0 Å². The van der Waals surface area contributed by atoms with Crippen molar-refractivity contribution in [1.29, 1.82) is 0 Å². The number of benzene rings is 1. The molecule has 1 fully saturated rings. The molecule has 0 saturated carbocycles. The topological polar surface area (TPSA) is 32.3 Å². The molecular formula is C14H20BrClN2O. The van der Waals surface area contributed by atoms with Crippen LogP contribution in [0, 0.1) is 0 Å². The van der Waals surface area contributed by atoms with Gasteiger partial charge in [0.1, 0.15) is 0 Å². The van der Waals surface area contributed by atoms with Crippen molar-refractivity contribution in [3.05, 3.63) is 34.3 Å². The second-order valence-electron chi connectivity index (χ2n) is 4.71. The van der Waals surface area contributed by atoms with E-state index in [1.807, 2.05) is 36.2 Å². The van der Waals surface area contributed by atoms with Crippen molar-refractivity contribution in [2.75, 3.05) is 20.1 Å². The van der Waals surface area contributed by atoms with Crippen molar-refractivity contribution in [2.24, 2.45) is 0 Å². The van der Waals surface area contributed by atoms with Crippen LogP contribution >= 0.6 is 28.3 Å². The molecule has 5 heteroatoms. The number of rotatable bonds is 3. The zero-order valence-corrected chi connectivity index (χ0v) is 13.5. The molecule has 0 bridgehead atoms. The Morgan fingerprint density at radius 2 is 2.00 bits per heavy atom. The van der Waals surface area contributed by atoms with E-state index in [1.165, 1.54) is 0 Å². The van der Waals surface area contributed by atoms with Gasteiger partial charge in [0.2, 0.25) is 5.91 Å². The van der Waals surface area contributed by atoms with Crippen molar-refractivity contribution in [1.82, 2.24) is 10.2 Å². The molecule has 1 N–H and O–H groups in total. The summed E-state index contributed by atoms with van der Waals surface area (Å²) in [5, 5.41) is 3.28. The number of amides is 1. The highest BCUT2D eigenvalue weighted by Gasteiger charge is 2.21. The van der Waals surface area contributed by atoms with E-state index in [2.05, 4.69) is 21.2 Å². The van der Waals surface area contributed by atoms with Crippen LogP contribution in [0.5, 0.6) is 0 Å². The molecule has 2 rings (SSSR count). The summed E-state index contributed by atoms with van der Waals surface area (Å²) in [4.78, 5) is 14.2. The zero-order valence-electron chi connectivity index (χ0n) is 11.1. The largest absolute Gasteiger partial charge is 0.342 e. The van der Waals surface area contributed by atoms with Crippen molar-refractivity contribution >= 4 is 34.2 Å². The van der Waals surface area contributed by atoms with Crippen LogP contribution in [0.15, 0.2) is 28.7 Å². The van der Waals surface area contributed by atoms with Gasteiger partial charge in [-0.25, -0.2) is 0 Å². The summed E-state index contributed by atoms with van der Waals surface area (Å²) in [6.07, 6.45) is 2.60. The zero-order chi connectivity index (χ0) is 13.0. The van der Waals surface area contributed by atoms with Gasteiger partial charge in [0, 0.05) is 23.6 Å². The molecule has 0 spiro atoms. The third-order valence-corrected chi connectivity index (χ3v) is 4.33. The van der Waals surface area contributed by atoms with Gasteiger partial charge in [-0.2, -0.15) is 0 Å². The van der Waals surface area contributed by atoms with Crippen LogP contribution in [0.1, 0.15) is 18.4 Å². The highest BCUT2D eigenvalue weighted by molar-refractivity contribution is 9.10. The van der Waals surface area contributed by atoms with E-state index in [-0.39, 0.29) is 18.3 Å². The Morgan fingerprint density at radius 3 is 2.58 bits per heavy atom. The maximum absolute atomic E-state index is 12.2. The van der Waals surface area contributed by atoms with Crippen molar-refractivity contribution in [3.8, 4) is 0 Å². The average molecular weight is 348 g/mol. The van der Waals surface area contributed by atoms with E-state index in [0.717, 1.165) is 36.0 Å². The van der Waals surface area contributed by atoms with E-state index in [1.54, 1.807) is 0 Å². The van der Waals surface area contributed by atoms with E-state index in [9.17, 15) is 4.79 Å². The Bertz CT molecular complexity index is 420. The van der Waals surface area contributed by atoms with Crippen molar-refractivity contribution < 1.29 is 4.79 Å². The van der Waals surface area contributed by atoms with Gasteiger partial charge in [0.25, 0.3) is 0 Å². The number of carbonyl (C=O) groups is 1. The standard InChI is InChI=1S/C14H19BrN2O.ClH/c1-16-12-6-8-17(9-7-12)14(18)10-11-4-2-3-5-13(11)15;/h2-5,12,16H,6-10H2,1H3;1H. The van der Waals surface area contributed by atoms with Gasteiger partial charge in [-0.05, 0) is 31.5 Å². The third kappa shape index (κ3) is 4.48. The molecule has 0 radical (unpaired) electrons. The minimum atomic E-state index is 0. The fourth-order valence-electron chi connectivity index (χ4n) is 2.33. The van der Waals surface area contributed by atoms with Crippen LogP contribution in [-0.4, -0.2) is 37.0 Å². The predicted molar refractivity (Wildman–Crippen MR) is 83.8 cm³/mol. The highest BCUT2D eigenvalue weighted by Crippen LogP contribution is 2.18. The highest BCUT2D eigenvalue weighted by atomic mass is 79.9. The molecule has 1 aliphatic rings. The first-order valence-corrected chi connectivity index (χ1v) is 7.18. The molecule has 0 unspecified atom stereocenters. The van der Waals surface area contributed by atoms with Crippen LogP contribution in [0.4, 0.5) is 0 Å². The molecule has 1 saturated heterocycles. The van der Waals surface area contributed by atoms with Crippen LogP contribution in [0.3, 0.4) is 0 Å².